The molecule has 1 rings (SSSR count). The monoisotopic (exact) mass is 292 g/mol. The molecule has 0 radical (unpaired) electrons. The van der Waals surface area contributed by atoms with Crippen molar-refractivity contribution in [3.05, 3.63) is 29.3 Å². The number of aliphatic hydroxyl groups excluding tert-OH is 1. The SMILES string of the molecule is CCCN(CCO)CCCC(=O)Nc1c(C)cccc1C. The average Bonchev–Trinajstić information content (AvgIpc) is 2.43. The Bertz CT molecular complexity index is 420. The first kappa shape index (κ1) is 17.7. The molecule has 21 heavy (non-hydrogen) atoms. The van der Waals surface area contributed by atoms with Crippen LogP contribution >= 0.6 is 0 Å². The quantitative estimate of drug-likeness (QED) is 0.736. The summed E-state index contributed by atoms with van der Waals surface area (Å²) in [6.07, 6.45) is 2.39. The Hall–Kier alpha value is -1.39. The molecular weight excluding hydrogens is 264 g/mol. The van der Waals surface area contributed by atoms with Gasteiger partial charge in [-0.1, -0.05) is 25.1 Å². The highest BCUT2D eigenvalue weighted by Crippen LogP contribution is 2.19. The van der Waals surface area contributed by atoms with Gasteiger partial charge in [-0.05, 0) is 50.9 Å². The Morgan fingerprint density at radius 1 is 1.19 bits per heavy atom. The lowest BCUT2D eigenvalue weighted by molar-refractivity contribution is -0.116. The zero-order valence-corrected chi connectivity index (χ0v) is 13.5. The van der Waals surface area contributed by atoms with Crippen LogP contribution in [0.2, 0.25) is 0 Å². The van der Waals surface area contributed by atoms with E-state index in [-0.39, 0.29) is 12.5 Å². The van der Waals surface area contributed by atoms with Crippen LogP contribution in [0.3, 0.4) is 0 Å². The number of hydrogen-bond acceptors (Lipinski definition) is 3. The van der Waals surface area contributed by atoms with Crippen LogP contribution in [0, 0.1) is 13.8 Å². The molecule has 0 heterocycles. The van der Waals surface area contributed by atoms with Crippen molar-refractivity contribution in [1.29, 1.82) is 0 Å². The number of nitrogens with one attached hydrogen (secondary N) is 1. The first-order chi connectivity index (χ1) is 10.1. The molecule has 0 fully saturated rings. The first-order valence-corrected chi connectivity index (χ1v) is 7.77. The lowest BCUT2D eigenvalue weighted by Crippen LogP contribution is -2.29. The van der Waals surface area contributed by atoms with Crippen LogP contribution < -0.4 is 5.32 Å². The van der Waals surface area contributed by atoms with Gasteiger partial charge in [-0.2, -0.15) is 0 Å². The Kier molecular flexibility index (Phi) is 8.01. The van der Waals surface area contributed by atoms with E-state index in [1.165, 1.54) is 0 Å². The molecule has 0 aliphatic carbocycles. The molecule has 118 valence electrons. The summed E-state index contributed by atoms with van der Waals surface area (Å²) in [6, 6.07) is 6.01. The highest BCUT2D eigenvalue weighted by Gasteiger charge is 2.08. The van der Waals surface area contributed by atoms with Crippen molar-refractivity contribution in [2.24, 2.45) is 0 Å². The summed E-state index contributed by atoms with van der Waals surface area (Å²) in [4.78, 5) is 14.2. The van der Waals surface area contributed by atoms with Crippen LogP contribution in [0.15, 0.2) is 18.2 Å². The number of carbonyl (C=O) groups is 1. The number of nitrogens with zero attached hydrogens (tertiary/aromatic N) is 1. The van der Waals surface area contributed by atoms with Crippen LogP contribution in [0.25, 0.3) is 0 Å². The van der Waals surface area contributed by atoms with Crippen molar-refractivity contribution in [1.82, 2.24) is 4.90 Å². The Labute approximate surface area is 128 Å². The van der Waals surface area contributed by atoms with Crippen LogP contribution in [-0.4, -0.2) is 42.2 Å². The second-order valence-electron chi connectivity index (χ2n) is 5.48. The number of para-hydroxylation sites is 1. The molecule has 0 unspecified atom stereocenters. The molecule has 0 saturated heterocycles. The van der Waals surface area contributed by atoms with Crippen LogP contribution in [0.4, 0.5) is 5.69 Å². The van der Waals surface area contributed by atoms with E-state index in [9.17, 15) is 4.79 Å². The fourth-order valence-electron chi connectivity index (χ4n) is 2.47. The molecule has 0 saturated carbocycles. The van der Waals surface area contributed by atoms with Gasteiger partial charge in [-0.25, -0.2) is 0 Å². The summed E-state index contributed by atoms with van der Waals surface area (Å²) in [5.74, 6) is 0.0628. The molecule has 2 N–H and O–H groups in total. The van der Waals surface area contributed by atoms with E-state index in [4.69, 9.17) is 5.11 Å². The lowest BCUT2D eigenvalue weighted by Gasteiger charge is -2.20. The van der Waals surface area contributed by atoms with Crippen molar-refractivity contribution in [2.75, 3.05) is 31.6 Å². The summed E-state index contributed by atoms with van der Waals surface area (Å²) < 4.78 is 0. The molecule has 4 heteroatoms. The van der Waals surface area contributed by atoms with Crippen LogP contribution in [0.5, 0.6) is 0 Å². The van der Waals surface area contributed by atoms with E-state index in [2.05, 4.69) is 17.1 Å². The molecule has 0 bridgehead atoms. The predicted octanol–water partition coefficient (Wildman–Crippen LogP) is 2.73. The largest absolute Gasteiger partial charge is 0.395 e. The van der Waals surface area contributed by atoms with Gasteiger partial charge in [0.25, 0.3) is 0 Å². The molecule has 0 aliphatic heterocycles. The Morgan fingerprint density at radius 3 is 2.43 bits per heavy atom. The van der Waals surface area contributed by atoms with Crippen LogP contribution in [0.1, 0.15) is 37.3 Å². The van der Waals surface area contributed by atoms with E-state index in [1.807, 2.05) is 32.0 Å². The third kappa shape index (κ3) is 6.27. The van der Waals surface area contributed by atoms with Crippen LogP contribution in [-0.2, 0) is 4.79 Å². The van der Waals surface area contributed by atoms with E-state index < -0.39 is 0 Å². The van der Waals surface area contributed by atoms with Gasteiger partial charge in [0.05, 0.1) is 6.61 Å². The second kappa shape index (κ2) is 9.53. The number of rotatable bonds is 9. The highest BCUT2D eigenvalue weighted by atomic mass is 16.3. The van der Waals surface area contributed by atoms with E-state index in [1.54, 1.807) is 0 Å². The third-order valence-electron chi connectivity index (χ3n) is 3.58. The third-order valence-corrected chi connectivity index (χ3v) is 3.58. The second-order valence-corrected chi connectivity index (χ2v) is 5.48. The predicted molar refractivity (Wildman–Crippen MR) is 87.6 cm³/mol. The van der Waals surface area contributed by atoms with Gasteiger partial charge in [-0.15, -0.1) is 0 Å². The molecule has 4 nitrogen and oxygen atoms in total. The van der Waals surface area contributed by atoms with E-state index >= 15 is 0 Å². The minimum absolute atomic E-state index is 0.0628. The van der Waals surface area contributed by atoms with Crippen molar-refractivity contribution < 1.29 is 9.90 Å². The molecule has 1 aromatic rings. The van der Waals surface area contributed by atoms with Crippen molar-refractivity contribution >= 4 is 11.6 Å². The Morgan fingerprint density at radius 2 is 1.86 bits per heavy atom. The van der Waals surface area contributed by atoms with Gasteiger partial charge in [0.15, 0.2) is 0 Å². The maximum Gasteiger partial charge on any atom is 0.224 e. The van der Waals surface area contributed by atoms with Gasteiger partial charge >= 0.3 is 0 Å². The summed E-state index contributed by atoms with van der Waals surface area (Å²) in [5, 5.41) is 12.0. The minimum Gasteiger partial charge on any atom is -0.395 e. The smallest absolute Gasteiger partial charge is 0.224 e. The number of aliphatic hydroxyl groups is 1. The molecule has 0 atom stereocenters. The van der Waals surface area contributed by atoms with Gasteiger partial charge in [-0.3, -0.25) is 4.79 Å². The lowest BCUT2D eigenvalue weighted by atomic mass is 10.1. The summed E-state index contributed by atoms with van der Waals surface area (Å²) >= 11 is 0. The van der Waals surface area contributed by atoms with E-state index in [0.29, 0.717) is 13.0 Å². The molecule has 0 aromatic heterocycles. The number of anilines is 1. The Balaban J connectivity index is 2.40. The maximum atomic E-state index is 12.0. The van der Waals surface area contributed by atoms with Gasteiger partial charge in [0.2, 0.25) is 5.91 Å². The minimum atomic E-state index is 0.0628. The van der Waals surface area contributed by atoms with Gasteiger partial charge in [0, 0.05) is 18.7 Å². The average molecular weight is 292 g/mol. The molecule has 0 spiro atoms. The van der Waals surface area contributed by atoms with Crippen molar-refractivity contribution in [3.8, 4) is 0 Å². The highest BCUT2D eigenvalue weighted by molar-refractivity contribution is 5.92. The summed E-state index contributed by atoms with van der Waals surface area (Å²) in [6.45, 7) is 8.83. The van der Waals surface area contributed by atoms with Crippen molar-refractivity contribution in [3.63, 3.8) is 0 Å². The van der Waals surface area contributed by atoms with Gasteiger partial charge < -0.3 is 15.3 Å². The number of hydrogen-bond donors (Lipinski definition) is 2. The molecular formula is C17H28N2O2. The number of amides is 1. The standard InChI is InChI=1S/C17H28N2O2/c1-4-10-19(12-13-20)11-6-9-16(21)18-17-14(2)7-5-8-15(17)3/h5,7-8,20H,4,6,9-13H2,1-3H3,(H,18,21). The fraction of sp³-hybridized carbons (Fsp3) is 0.588. The first-order valence-electron chi connectivity index (χ1n) is 7.77. The van der Waals surface area contributed by atoms with E-state index in [0.717, 1.165) is 42.7 Å². The number of carbonyl (C=O) groups excluding carboxylic acids is 1. The summed E-state index contributed by atoms with van der Waals surface area (Å²) in [7, 11) is 0. The number of benzene rings is 1. The normalized spacial score (nSPS) is 10.9. The molecule has 1 amide bonds. The van der Waals surface area contributed by atoms with Crippen molar-refractivity contribution in [2.45, 2.75) is 40.0 Å². The van der Waals surface area contributed by atoms with Gasteiger partial charge in [0.1, 0.15) is 0 Å². The molecule has 1 aromatic carbocycles. The zero-order valence-electron chi connectivity index (χ0n) is 13.5. The fourth-order valence-corrected chi connectivity index (χ4v) is 2.47. The topological polar surface area (TPSA) is 52.6 Å². The maximum absolute atomic E-state index is 12.0. The summed E-state index contributed by atoms with van der Waals surface area (Å²) in [5.41, 5.74) is 3.12. The zero-order chi connectivity index (χ0) is 15.7. The number of aryl methyl sites for hydroxylation is 2. The molecule has 0 aliphatic rings.